The number of hydrogen-bond donors (Lipinski definition) is 1. The van der Waals surface area contributed by atoms with Crippen LogP contribution in [0.15, 0.2) is 53.6 Å². The molecule has 1 atom stereocenters. The summed E-state index contributed by atoms with van der Waals surface area (Å²) in [6.07, 6.45) is -1.88. The average Bonchev–Trinajstić information content (AvgIpc) is 3.47. The number of amides is 1. The molecule has 1 aliphatic heterocycles. The minimum atomic E-state index is -4.40. The first kappa shape index (κ1) is 32.3. The number of halogens is 3. The van der Waals surface area contributed by atoms with Crippen molar-refractivity contribution < 1.29 is 22.7 Å². The first-order valence-corrected chi connectivity index (χ1v) is 22.2. The number of pyridine rings is 1. The van der Waals surface area contributed by atoms with Crippen LogP contribution in [0.2, 0.25) is 17.3 Å². The molecule has 1 saturated heterocycles. The number of anilines is 1. The van der Waals surface area contributed by atoms with E-state index in [1.807, 2.05) is 18.2 Å². The molecule has 1 fully saturated rings. The Morgan fingerprint density at radius 3 is 2.45 bits per heavy atom. The molecule has 42 heavy (non-hydrogen) atoms. The van der Waals surface area contributed by atoms with Crippen LogP contribution in [-0.2, 0) is 0 Å². The van der Waals surface area contributed by atoms with Gasteiger partial charge in [0.2, 0.25) is 0 Å². The zero-order valence-electron chi connectivity index (χ0n) is 25.5. The Labute approximate surface area is 253 Å². The fourth-order valence-electron chi connectivity index (χ4n) is 5.09. The van der Waals surface area contributed by atoms with Crippen molar-refractivity contribution >= 4 is 41.3 Å². The zero-order chi connectivity index (χ0) is 31.1. The second-order valence-corrected chi connectivity index (χ2v) is 24.7. The molecule has 0 aliphatic carbocycles. The van der Waals surface area contributed by atoms with Crippen LogP contribution in [0.1, 0.15) is 51.4 Å². The first-order chi connectivity index (χ1) is 19.4. The standard InChI is InChI=1S/C30H40F3GeN5O2S/c1-20-17-29(4,5)38(18-20)26-21(27(40)37-42-23-12-10-9-11-22(23)34(6,7)8)13-14-24(35-26)39-16-15-25(36-39)41-19-28(2,3)30(31,32)33/h9-16,20H,17-19H2,1-8H3,(H,37,40). The molecular formula is C30H40F3GeN5O2S. The van der Waals surface area contributed by atoms with Crippen molar-refractivity contribution in [1.29, 1.82) is 0 Å². The van der Waals surface area contributed by atoms with E-state index in [9.17, 15) is 18.0 Å². The molecule has 1 N–H and O–H groups in total. The Kier molecular flexibility index (Phi) is 9.05. The number of carbonyl (C=O) groups excluding carboxylic acids is 1. The maximum atomic E-state index is 13.6. The molecule has 1 aliphatic rings. The number of hydrogen-bond acceptors (Lipinski definition) is 6. The van der Waals surface area contributed by atoms with Gasteiger partial charge in [-0.15, -0.1) is 0 Å². The Morgan fingerprint density at radius 2 is 1.83 bits per heavy atom. The van der Waals surface area contributed by atoms with Gasteiger partial charge in [0, 0.05) is 0 Å². The Balaban J connectivity index is 1.63. The summed E-state index contributed by atoms with van der Waals surface area (Å²) < 4.78 is 51.0. The predicted molar refractivity (Wildman–Crippen MR) is 165 cm³/mol. The summed E-state index contributed by atoms with van der Waals surface area (Å²) in [6.45, 7) is 8.79. The van der Waals surface area contributed by atoms with E-state index >= 15 is 0 Å². The molecule has 3 heterocycles. The van der Waals surface area contributed by atoms with E-state index in [1.165, 1.54) is 27.1 Å². The molecule has 1 aromatic carbocycles. The van der Waals surface area contributed by atoms with Crippen molar-refractivity contribution in [2.75, 3.05) is 18.1 Å². The minimum absolute atomic E-state index is 0.0614. The van der Waals surface area contributed by atoms with Gasteiger partial charge in [-0.25, -0.2) is 0 Å². The van der Waals surface area contributed by atoms with Crippen LogP contribution < -0.4 is 18.8 Å². The molecule has 1 unspecified atom stereocenters. The molecule has 7 nitrogen and oxygen atoms in total. The molecule has 228 valence electrons. The van der Waals surface area contributed by atoms with E-state index in [1.54, 1.807) is 18.3 Å². The summed E-state index contributed by atoms with van der Waals surface area (Å²) in [5, 5.41) is 4.31. The number of carbonyl (C=O) groups is 1. The average molecular weight is 664 g/mol. The van der Waals surface area contributed by atoms with Gasteiger partial charge in [0.05, 0.1) is 5.41 Å². The summed E-state index contributed by atoms with van der Waals surface area (Å²) in [6, 6.07) is 13.1. The van der Waals surface area contributed by atoms with Crippen LogP contribution in [0.25, 0.3) is 5.82 Å². The van der Waals surface area contributed by atoms with Crippen LogP contribution in [0.3, 0.4) is 0 Å². The predicted octanol–water partition coefficient (Wildman–Crippen LogP) is 6.84. The molecule has 4 rings (SSSR count). The first-order valence-electron chi connectivity index (χ1n) is 14.0. The summed E-state index contributed by atoms with van der Waals surface area (Å²) >= 11 is -0.834. The quantitative estimate of drug-likeness (QED) is 0.200. The van der Waals surface area contributed by atoms with Gasteiger partial charge in [0.1, 0.15) is 6.61 Å². The Hall–Kier alpha value is -2.67. The summed E-state index contributed by atoms with van der Waals surface area (Å²) in [7, 11) is 0. The van der Waals surface area contributed by atoms with Crippen LogP contribution in [0.5, 0.6) is 5.88 Å². The molecule has 2 aromatic heterocycles. The van der Waals surface area contributed by atoms with Gasteiger partial charge < -0.3 is 4.74 Å². The zero-order valence-corrected chi connectivity index (χ0v) is 28.4. The van der Waals surface area contributed by atoms with Crippen LogP contribution in [0.4, 0.5) is 19.0 Å². The number of ether oxygens (including phenoxy) is 1. The Morgan fingerprint density at radius 1 is 1.14 bits per heavy atom. The van der Waals surface area contributed by atoms with E-state index < -0.39 is 31.5 Å². The third-order valence-electron chi connectivity index (χ3n) is 7.53. The van der Waals surface area contributed by atoms with Gasteiger partial charge in [-0.05, 0) is 13.8 Å². The number of aromatic nitrogens is 3. The van der Waals surface area contributed by atoms with Crippen molar-refractivity contribution in [3.8, 4) is 11.7 Å². The molecule has 0 bridgehead atoms. The van der Waals surface area contributed by atoms with Crippen molar-refractivity contribution in [3.63, 3.8) is 0 Å². The molecule has 12 heteroatoms. The van der Waals surface area contributed by atoms with Crippen molar-refractivity contribution in [3.05, 3.63) is 54.2 Å². The SMILES string of the molecule is CC1CN(c2nc(-n3ccc(OCC(C)(C)C(F)(F)F)n3)ccc2C(=O)NSc2cccc[c]2[Ge]([CH3])([CH3])[CH3])C(C)(C)C1. The normalized spacial score (nSPS) is 17.4. The van der Waals surface area contributed by atoms with Gasteiger partial charge >= 0.3 is 210 Å². The van der Waals surface area contributed by atoms with E-state index in [2.05, 4.69) is 58.8 Å². The topological polar surface area (TPSA) is 72.3 Å². The fourth-order valence-corrected chi connectivity index (χ4v) is 10.6. The fraction of sp³-hybridized carbons (Fsp3) is 0.500. The molecular weight excluding hydrogens is 624 g/mol. The number of rotatable bonds is 9. The molecule has 3 aromatic rings. The maximum absolute atomic E-state index is 13.6. The monoisotopic (exact) mass is 665 g/mol. The Bertz CT molecular complexity index is 1430. The van der Waals surface area contributed by atoms with Crippen LogP contribution in [-0.4, -0.2) is 58.8 Å². The van der Waals surface area contributed by atoms with Gasteiger partial charge in [-0.1, -0.05) is 0 Å². The second kappa shape index (κ2) is 11.8. The number of benzene rings is 1. The molecule has 1 amide bonds. The third kappa shape index (κ3) is 7.10. The summed E-state index contributed by atoms with van der Waals surface area (Å²) in [5.41, 5.74) is -1.82. The van der Waals surface area contributed by atoms with E-state index in [0.717, 1.165) is 31.7 Å². The summed E-state index contributed by atoms with van der Waals surface area (Å²) in [5.74, 6) is 8.15. The molecule has 0 saturated carbocycles. The van der Waals surface area contributed by atoms with E-state index in [-0.39, 0.29) is 17.3 Å². The third-order valence-corrected chi connectivity index (χ3v) is 13.1. The van der Waals surface area contributed by atoms with Gasteiger partial charge in [-0.2, -0.15) is 13.2 Å². The van der Waals surface area contributed by atoms with Crippen molar-refractivity contribution in [2.24, 2.45) is 11.3 Å². The van der Waals surface area contributed by atoms with E-state index in [4.69, 9.17) is 9.72 Å². The number of nitrogens with one attached hydrogen (secondary N) is 1. The number of alkyl halides is 3. The van der Waals surface area contributed by atoms with Crippen LogP contribution in [0, 0.1) is 11.3 Å². The number of nitrogens with zero attached hydrogens (tertiary/aromatic N) is 4. The summed E-state index contributed by atoms with van der Waals surface area (Å²) in [4.78, 5) is 21.7. The molecule has 0 radical (unpaired) electrons. The van der Waals surface area contributed by atoms with Crippen molar-refractivity contribution in [2.45, 2.75) is 74.9 Å². The van der Waals surface area contributed by atoms with Gasteiger partial charge in [0.15, 0.2) is 0 Å². The van der Waals surface area contributed by atoms with E-state index in [0.29, 0.717) is 23.1 Å². The van der Waals surface area contributed by atoms with Crippen molar-refractivity contribution in [1.82, 2.24) is 19.5 Å². The van der Waals surface area contributed by atoms with Crippen LogP contribution >= 0.6 is 11.9 Å². The van der Waals surface area contributed by atoms with Gasteiger partial charge in [0.25, 0.3) is 0 Å². The second-order valence-electron chi connectivity index (χ2n) is 13.3. The molecule has 0 spiro atoms. The van der Waals surface area contributed by atoms with Gasteiger partial charge in [-0.3, -0.25) is 0 Å².